The van der Waals surface area contributed by atoms with Crippen LogP contribution in [-0.4, -0.2) is 60.9 Å². The molecular formula is C21H25N5O4. The molecule has 0 aliphatic carbocycles. The van der Waals surface area contributed by atoms with Gasteiger partial charge in [0.05, 0.1) is 4.92 Å². The van der Waals surface area contributed by atoms with Crippen molar-refractivity contribution >= 4 is 28.9 Å². The maximum absolute atomic E-state index is 12.1. The first-order chi connectivity index (χ1) is 14.4. The fraction of sp³-hybridized carbons (Fsp3) is 0.333. The molecule has 2 amide bonds. The molecule has 30 heavy (non-hydrogen) atoms. The van der Waals surface area contributed by atoms with Crippen LogP contribution in [0, 0.1) is 17.0 Å². The molecule has 1 heterocycles. The molecule has 1 aliphatic rings. The van der Waals surface area contributed by atoms with Crippen molar-refractivity contribution in [2.45, 2.75) is 6.92 Å². The van der Waals surface area contributed by atoms with Gasteiger partial charge in [-0.1, -0.05) is 24.3 Å². The Morgan fingerprint density at radius 1 is 1.03 bits per heavy atom. The molecule has 0 radical (unpaired) electrons. The van der Waals surface area contributed by atoms with Crippen LogP contribution in [0.5, 0.6) is 0 Å². The van der Waals surface area contributed by atoms with Gasteiger partial charge in [-0.3, -0.25) is 24.6 Å². The summed E-state index contributed by atoms with van der Waals surface area (Å²) in [5.74, 6) is -1.73. The van der Waals surface area contributed by atoms with Crippen molar-refractivity contribution in [2.75, 3.05) is 49.5 Å². The molecule has 158 valence electrons. The number of nitrogens with one attached hydrogen (secondary N) is 2. The smallest absolute Gasteiger partial charge is 0.313 e. The van der Waals surface area contributed by atoms with Gasteiger partial charge in [0.25, 0.3) is 5.69 Å². The van der Waals surface area contributed by atoms with E-state index in [1.165, 1.54) is 17.8 Å². The second-order valence-corrected chi connectivity index (χ2v) is 7.15. The number of aryl methyl sites for hydroxylation is 1. The molecule has 2 aromatic carbocycles. The number of nitrogens with zero attached hydrogens (tertiary/aromatic N) is 3. The Hall–Kier alpha value is -3.46. The van der Waals surface area contributed by atoms with E-state index in [1.807, 2.05) is 18.2 Å². The summed E-state index contributed by atoms with van der Waals surface area (Å²) in [5, 5.41) is 16.0. The van der Waals surface area contributed by atoms with Crippen molar-refractivity contribution in [2.24, 2.45) is 0 Å². The Morgan fingerprint density at radius 2 is 1.73 bits per heavy atom. The number of hydrogen-bond acceptors (Lipinski definition) is 6. The minimum absolute atomic E-state index is 0.00258. The third-order valence-electron chi connectivity index (χ3n) is 5.01. The van der Waals surface area contributed by atoms with E-state index in [2.05, 4.69) is 32.6 Å². The number of para-hydroxylation sites is 1. The van der Waals surface area contributed by atoms with Crippen LogP contribution in [-0.2, 0) is 9.59 Å². The van der Waals surface area contributed by atoms with Gasteiger partial charge in [-0.05, 0) is 30.7 Å². The van der Waals surface area contributed by atoms with Crippen molar-refractivity contribution in [1.29, 1.82) is 0 Å². The molecule has 9 nitrogen and oxygen atoms in total. The molecule has 9 heteroatoms. The molecule has 0 bridgehead atoms. The summed E-state index contributed by atoms with van der Waals surface area (Å²) in [6.45, 7) is 6.20. The van der Waals surface area contributed by atoms with E-state index >= 15 is 0 Å². The maximum atomic E-state index is 12.1. The lowest BCUT2D eigenvalue weighted by molar-refractivity contribution is -0.384. The lowest BCUT2D eigenvalue weighted by Gasteiger charge is -2.36. The van der Waals surface area contributed by atoms with Crippen molar-refractivity contribution in [3.8, 4) is 0 Å². The van der Waals surface area contributed by atoms with Gasteiger partial charge in [0, 0.05) is 51.0 Å². The van der Waals surface area contributed by atoms with Crippen LogP contribution >= 0.6 is 0 Å². The zero-order chi connectivity index (χ0) is 21.5. The van der Waals surface area contributed by atoms with Crippen LogP contribution in [0.3, 0.4) is 0 Å². The average molecular weight is 411 g/mol. The molecule has 1 saturated heterocycles. The van der Waals surface area contributed by atoms with Gasteiger partial charge in [-0.2, -0.15) is 0 Å². The number of carbonyl (C=O) groups excluding carboxylic acids is 2. The van der Waals surface area contributed by atoms with E-state index in [0.29, 0.717) is 18.7 Å². The predicted molar refractivity (Wildman–Crippen MR) is 115 cm³/mol. The molecule has 3 rings (SSSR count). The fourth-order valence-electron chi connectivity index (χ4n) is 3.35. The Labute approximate surface area is 174 Å². The average Bonchev–Trinajstić information content (AvgIpc) is 2.75. The lowest BCUT2D eigenvalue weighted by atomic mass is 10.2. The van der Waals surface area contributed by atoms with E-state index in [1.54, 1.807) is 13.0 Å². The zero-order valence-corrected chi connectivity index (χ0v) is 16.8. The van der Waals surface area contributed by atoms with Crippen molar-refractivity contribution in [3.63, 3.8) is 0 Å². The van der Waals surface area contributed by atoms with Gasteiger partial charge >= 0.3 is 11.8 Å². The van der Waals surface area contributed by atoms with Crippen LogP contribution in [0.1, 0.15) is 5.56 Å². The van der Waals surface area contributed by atoms with Gasteiger partial charge in [-0.15, -0.1) is 0 Å². The molecule has 1 aliphatic heterocycles. The van der Waals surface area contributed by atoms with E-state index in [4.69, 9.17) is 0 Å². The first-order valence-corrected chi connectivity index (χ1v) is 9.80. The highest BCUT2D eigenvalue weighted by Crippen LogP contribution is 2.25. The summed E-state index contributed by atoms with van der Waals surface area (Å²) in [7, 11) is 0. The quantitative estimate of drug-likeness (QED) is 0.426. The highest BCUT2D eigenvalue weighted by atomic mass is 16.6. The normalized spacial score (nSPS) is 14.2. The number of piperazine rings is 1. The first-order valence-electron chi connectivity index (χ1n) is 9.80. The monoisotopic (exact) mass is 411 g/mol. The van der Waals surface area contributed by atoms with Crippen molar-refractivity contribution in [1.82, 2.24) is 10.2 Å². The Balaban J connectivity index is 1.42. The molecule has 0 saturated carbocycles. The molecule has 2 aromatic rings. The fourth-order valence-corrected chi connectivity index (χ4v) is 3.35. The molecule has 1 fully saturated rings. The minimum Gasteiger partial charge on any atom is -0.369 e. The summed E-state index contributed by atoms with van der Waals surface area (Å²) in [4.78, 5) is 39.2. The van der Waals surface area contributed by atoms with E-state index in [9.17, 15) is 19.7 Å². The standard InChI is InChI=1S/C21H25N5O4/c1-16-7-8-18(19(15-16)26(29)30)23-21(28)20(27)22-9-10-24-11-13-25(14-12-24)17-5-3-2-4-6-17/h2-8,15H,9-14H2,1H3,(H,22,27)(H,23,28). The number of amides is 2. The summed E-state index contributed by atoms with van der Waals surface area (Å²) in [6.07, 6.45) is 0. The Morgan fingerprint density at radius 3 is 2.40 bits per heavy atom. The van der Waals surface area contributed by atoms with Crippen molar-refractivity contribution < 1.29 is 14.5 Å². The van der Waals surface area contributed by atoms with Gasteiger partial charge in [-0.25, -0.2) is 0 Å². The van der Waals surface area contributed by atoms with Gasteiger partial charge < -0.3 is 15.5 Å². The Kier molecular flexibility index (Phi) is 6.97. The molecule has 0 spiro atoms. The summed E-state index contributed by atoms with van der Waals surface area (Å²) < 4.78 is 0. The van der Waals surface area contributed by atoms with Crippen LogP contribution in [0.25, 0.3) is 0 Å². The topological polar surface area (TPSA) is 108 Å². The van der Waals surface area contributed by atoms with Crippen LogP contribution in [0.4, 0.5) is 17.1 Å². The van der Waals surface area contributed by atoms with E-state index in [0.717, 1.165) is 26.2 Å². The minimum atomic E-state index is -0.921. The number of anilines is 2. The van der Waals surface area contributed by atoms with E-state index < -0.39 is 16.7 Å². The largest absolute Gasteiger partial charge is 0.369 e. The second-order valence-electron chi connectivity index (χ2n) is 7.15. The van der Waals surface area contributed by atoms with Crippen LogP contribution in [0.2, 0.25) is 0 Å². The van der Waals surface area contributed by atoms with Crippen molar-refractivity contribution in [3.05, 3.63) is 64.2 Å². The molecule has 0 unspecified atom stereocenters. The second kappa shape index (κ2) is 9.84. The maximum Gasteiger partial charge on any atom is 0.313 e. The third kappa shape index (κ3) is 5.54. The van der Waals surface area contributed by atoms with Crippen LogP contribution in [0.15, 0.2) is 48.5 Å². The Bertz CT molecular complexity index is 911. The van der Waals surface area contributed by atoms with Gasteiger partial charge in [0.15, 0.2) is 0 Å². The number of carbonyl (C=O) groups is 2. The number of nitro benzene ring substituents is 1. The zero-order valence-electron chi connectivity index (χ0n) is 16.8. The predicted octanol–water partition coefficient (Wildman–Crippen LogP) is 1.78. The van der Waals surface area contributed by atoms with Crippen LogP contribution < -0.4 is 15.5 Å². The number of nitro groups is 1. The lowest BCUT2D eigenvalue weighted by Crippen LogP contribution is -2.49. The highest BCUT2D eigenvalue weighted by Gasteiger charge is 2.21. The molecule has 0 aromatic heterocycles. The summed E-state index contributed by atoms with van der Waals surface area (Å²) in [6, 6.07) is 14.6. The molecule has 2 N–H and O–H groups in total. The number of benzene rings is 2. The molecule has 0 atom stereocenters. The first kappa shape index (κ1) is 21.3. The van der Waals surface area contributed by atoms with E-state index in [-0.39, 0.29) is 11.4 Å². The highest BCUT2D eigenvalue weighted by molar-refractivity contribution is 6.39. The number of hydrogen-bond donors (Lipinski definition) is 2. The van der Waals surface area contributed by atoms with Gasteiger partial charge in [0.1, 0.15) is 5.69 Å². The van der Waals surface area contributed by atoms with Gasteiger partial charge in [0.2, 0.25) is 0 Å². The molecular weight excluding hydrogens is 386 g/mol. The summed E-state index contributed by atoms with van der Waals surface area (Å²) >= 11 is 0. The SMILES string of the molecule is Cc1ccc(NC(=O)C(=O)NCCN2CCN(c3ccccc3)CC2)c([N+](=O)[O-])c1. The third-order valence-corrected chi connectivity index (χ3v) is 5.01. The summed E-state index contributed by atoms with van der Waals surface area (Å²) in [5.41, 5.74) is 1.65. The number of rotatable bonds is 6.